The smallest absolute Gasteiger partial charge is 0.237 e. The Kier molecular flexibility index (Phi) is 6.32. The molecule has 1 unspecified atom stereocenters. The zero-order chi connectivity index (χ0) is 19.2. The van der Waals surface area contributed by atoms with Crippen molar-refractivity contribution in [2.24, 2.45) is 0 Å². The average molecular weight is 371 g/mol. The van der Waals surface area contributed by atoms with Crippen molar-refractivity contribution in [2.75, 3.05) is 30.3 Å². The lowest BCUT2D eigenvalue weighted by atomic mass is 9.95. The zero-order valence-electron chi connectivity index (χ0n) is 16.1. The van der Waals surface area contributed by atoms with Crippen LogP contribution >= 0.6 is 0 Å². The second kappa shape index (κ2) is 8.89. The summed E-state index contributed by atoms with van der Waals surface area (Å²) in [6.45, 7) is 7.76. The Morgan fingerprint density at radius 1 is 1.37 bits per heavy atom. The number of anilines is 2. The van der Waals surface area contributed by atoms with E-state index in [1.807, 2.05) is 19.1 Å². The molecule has 5 N–H and O–H groups in total. The predicted octanol–water partition coefficient (Wildman–Crippen LogP) is 0.721. The Morgan fingerprint density at radius 3 is 2.85 bits per heavy atom. The van der Waals surface area contributed by atoms with Crippen molar-refractivity contribution in [3.63, 3.8) is 0 Å². The van der Waals surface area contributed by atoms with Gasteiger partial charge in [0.25, 0.3) is 0 Å². The zero-order valence-corrected chi connectivity index (χ0v) is 16.1. The average Bonchev–Trinajstić information content (AvgIpc) is 3.23. The molecule has 7 heteroatoms. The van der Waals surface area contributed by atoms with Gasteiger partial charge in [-0.05, 0) is 31.0 Å². The Balaban J connectivity index is 1.99. The number of quaternary nitrogens is 1. The molecule has 2 atom stereocenters. The van der Waals surface area contributed by atoms with Crippen molar-refractivity contribution in [2.45, 2.75) is 45.8 Å². The molecule has 2 aromatic heterocycles. The number of nitriles is 1. The quantitative estimate of drug-likeness (QED) is 0.548. The molecule has 0 saturated carbocycles. The third-order valence-electron chi connectivity index (χ3n) is 5.32. The summed E-state index contributed by atoms with van der Waals surface area (Å²) < 4.78 is 5.43. The van der Waals surface area contributed by atoms with Crippen LogP contribution in [0.15, 0.2) is 22.8 Å². The topological polar surface area (TPSA) is 99.8 Å². The van der Waals surface area contributed by atoms with Gasteiger partial charge in [0.05, 0.1) is 37.6 Å². The van der Waals surface area contributed by atoms with Gasteiger partial charge < -0.3 is 14.4 Å². The number of nitrogens with one attached hydrogen (secondary N) is 4. The fourth-order valence-corrected chi connectivity index (χ4v) is 3.58. The number of hydrogen-bond acceptors (Lipinski definition) is 5. The number of pyridine rings is 1. The maximum Gasteiger partial charge on any atom is 0.237 e. The molecule has 1 aliphatic heterocycles. The van der Waals surface area contributed by atoms with E-state index in [-0.39, 0.29) is 12.6 Å². The number of likely N-dealkylation sites (N-methyl/N-ethyl adjacent to an activating group) is 1. The highest BCUT2D eigenvalue weighted by molar-refractivity contribution is 5.61. The van der Waals surface area contributed by atoms with Crippen LogP contribution < -0.4 is 20.5 Å². The minimum Gasteiger partial charge on any atom is -0.466 e. The molecule has 0 saturated heterocycles. The molecular formula is C20H29N5O2+2. The lowest BCUT2D eigenvalue weighted by Gasteiger charge is -2.26. The van der Waals surface area contributed by atoms with Crippen molar-refractivity contribution >= 4 is 11.6 Å². The number of rotatable bonds is 8. The van der Waals surface area contributed by atoms with Crippen LogP contribution in [0.5, 0.6) is 0 Å². The molecule has 0 bridgehead atoms. The third-order valence-corrected chi connectivity index (χ3v) is 5.32. The van der Waals surface area contributed by atoms with Crippen LogP contribution in [0, 0.1) is 11.3 Å². The molecule has 2 aromatic rings. The number of aliphatic hydroxyl groups is 1. The third kappa shape index (κ3) is 4.24. The molecule has 144 valence electrons. The van der Waals surface area contributed by atoms with Crippen molar-refractivity contribution in [3.05, 3.63) is 40.8 Å². The van der Waals surface area contributed by atoms with Gasteiger partial charge in [0.2, 0.25) is 11.6 Å². The van der Waals surface area contributed by atoms with Crippen molar-refractivity contribution in [1.82, 2.24) is 0 Å². The number of hydrogen-bond donors (Lipinski definition) is 4. The molecule has 0 spiro atoms. The van der Waals surface area contributed by atoms with Gasteiger partial charge in [-0.25, -0.2) is 4.98 Å². The van der Waals surface area contributed by atoms with Crippen LogP contribution in [0.25, 0.3) is 0 Å². The van der Waals surface area contributed by atoms with E-state index >= 15 is 0 Å². The van der Waals surface area contributed by atoms with E-state index in [1.54, 1.807) is 6.26 Å². The van der Waals surface area contributed by atoms with Crippen LogP contribution in [0.2, 0.25) is 0 Å². The van der Waals surface area contributed by atoms with Gasteiger partial charge in [0.15, 0.2) is 0 Å². The number of furan rings is 1. The van der Waals surface area contributed by atoms with Gasteiger partial charge in [0, 0.05) is 6.42 Å². The highest BCUT2D eigenvalue weighted by atomic mass is 16.3. The van der Waals surface area contributed by atoms with E-state index in [9.17, 15) is 10.4 Å². The second-order valence-corrected chi connectivity index (χ2v) is 6.96. The molecule has 3 heterocycles. The van der Waals surface area contributed by atoms with Gasteiger partial charge in [-0.2, -0.15) is 5.26 Å². The molecule has 0 fully saturated rings. The summed E-state index contributed by atoms with van der Waals surface area (Å²) >= 11 is 0. The summed E-state index contributed by atoms with van der Waals surface area (Å²) in [7, 11) is 0. The lowest BCUT2D eigenvalue weighted by molar-refractivity contribution is -0.914. The summed E-state index contributed by atoms with van der Waals surface area (Å²) in [4.78, 5) is 4.89. The fraction of sp³-hybridized carbons (Fsp3) is 0.500. The summed E-state index contributed by atoms with van der Waals surface area (Å²) in [6, 6.07) is 6.09. The molecule has 27 heavy (non-hydrogen) atoms. The van der Waals surface area contributed by atoms with Crippen LogP contribution in [-0.2, 0) is 19.5 Å². The van der Waals surface area contributed by atoms with E-state index in [0.29, 0.717) is 17.9 Å². The Labute approximate surface area is 160 Å². The first-order valence-electron chi connectivity index (χ1n) is 9.68. The van der Waals surface area contributed by atoms with E-state index < -0.39 is 0 Å². The summed E-state index contributed by atoms with van der Waals surface area (Å²) in [5.74, 6) is 2.45. The maximum atomic E-state index is 9.81. The minimum absolute atomic E-state index is 0.0230. The molecule has 3 rings (SSSR count). The highest BCUT2D eigenvalue weighted by Crippen LogP contribution is 2.26. The Bertz CT molecular complexity index is 794. The van der Waals surface area contributed by atoms with E-state index in [1.165, 1.54) is 10.5 Å². The van der Waals surface area contributed by atoms with E-state index in [4.69, 9.17) is 4.42 Å². The first kappa shape index (κ1) is 19.2. The number of aromatic amines is 1. The first-order chi connectivity index (χ1) is 13.2. The first-order valence-corrected chi connectivity index (χ1v) is 9.68. The summed E-state index contributed by atoms with van der Waals surface area (Å²) in [5.41, 5.74) is 2.94. The predicted molar refractivity (Wildman–Crippen MR) is 102 cm³/mol. The van der Waals surface area contributed by atoms with Crippen LogP contribution in [-0.4, -0.2) is 30.8 Å². The van der Waals surface area contributed by atoms with Crippen LogP contribution in [0.1, 0.15) is 42.7 Å². The summed E-state index contributed by atoms with van der Waals surface area (Å²) in [5, 5.41) is 26.1. The van der Waals surface area contributed by atoms with Crippen LogP contribution in [0.4, 0.5) is 11.6 Å². The highest BCUT2D eigenvalue weighted by Gasteiger charge is 2.30. The minimum atomic E-state index is -0.0920. The molecule has 1 aliphatic rings. The number of nitrogens with zero attached hydrogens (tertiary/aromatic N) is 1. The van der Waals surface area contributed by atoms with Gasteiger partial charge in [-0.1, -0.05) is 6.92 Å². The standard InChI is InChI=1S/C20H27N5O2/c1-3-14(13-26)23-20-17(10-21)16-7-8-25(4-2)12-18(16)19(24-20)22-11-15-6-5-9-27-15/h5-6,9,14,26H,3-4,7-8,11-13H2,1-2H3,(H2,22,23,24)/p+2/t14-/m1/s1. The number of H-pyrrole nitrogens is 1. The van der Waals surface area contributed by atoms with Gasteiger partial charge >= 0.3 is 0 Å². The maximum absolute atomic E-state index is 9.81. The summed E-state index contributed by atoms with van der Waals surface area (Å²) in [6.07, 6.45) is 3.31. The van der Waals surface area contributed by atoms with E-state index in [0.717, 1.165) is 49.6 Å². The molecule has 0 radical (unpaired) electrons. The Hall–Kier alpha value is -2.56. The number of aliphatic hydroxyl groups excluding tert-OH is 1. The van der Waals surface area contributed by atoms with Crippen molar-refractivity contribution in [1.29, 1.82) is 5.26 Å². The van der Waals surface area contributed by atoms with Gasteiger partial charge in [-0.3, -0.25) is 10.6 Å². The second-order valence-electron chi connectivity index (χ2n) is 6.96. The fourth-order valence-electron chi connectivity index (χ4n) is 3.58. The van der Waals surface area contributed by atoms with Gasteiger partial charge in [0.1, 0.15) is 30.5 Å². The van der Waals surface area contributed by atoms with Gasteiger partial charge in [-0.15, -0.1) is 0 Å². The molecular weight excluding hydrogens is 342 g/mol. The molecule has 7 nitrogen and oxygen atoms in total. The largest absolute Gasteiger partial charge is 0.466 e. The number of fused-ring (bicyclic) bond motifs is 1. The number of aromatic nitrogens is 1. The van der Waals surface area contributed by atoms with Crippen LogP contribution in [0.3, 0.4) is 0 Å². The lowest BCUT2D eigenvalue weighted by Crippen LogP contribution is -3.11. The Morgan fingerprint density at radius 2 is 2.22 bits per heavy atom. The molecule has 0 aromatic carbocycles. The van der Waals surface area contributed by atoms with Crippen molar-refractivity contribution in [3.8, 4) is 6.07 Å². The molecule has 0 aliphatic carbocycles. The molecule has 0 amide bonds. The monoisotopic (exact) mass is 371 g/mol. The van der Waals surface area contributed by atoms with E-state index in [2.05, 4.69) is 28.6 Å². The SMILES string of the molecule is CC[C@H](CO)Nc1[nH+]c(NCc2ccco2)c2c(c1C#N)CC[NH+](CC)C2. The van der Waals surface area contributed by atoms with Crippen molar-refractivity contribution < 1.29 is 19.4 Å². The normalized spacial score (nSPS) is 17.0.